The molecule has 0 bridgehead atoms. The predicted molar refractivity (Wildman–Crippen MR) is 90.7 cm³/mol. The summed E-state index contributed by atoms with van der Waals surface area (Å²) in [5, 5.41) is 7.31. The van der Waals surface area contributed by atoms with Crippen molar-refractivity contribution < 1.29 is 4.52 Å². The van der Waals surface area contributed by atoms with Crippen molar-refractivity contribution in [1.29, 1.82) is 0 Å². The number of hydrogen-bond donors (Lipinski definition) is 1. The van der Waals surface area contributed by atoms with Gasteiger partial charge in [0.05, 0.1) is 6.54 Å². The maximum absolute atomic E-state index is 5.30. The molecule has 0 saturated heterocycles. The summed E-state index contributed by atoms with van der Waals surface area (Å²) in [5.74, 6) is 1.17. The Bertz CT molecular complexity index is 781. The van der Waals surface area contributed by atoms with Crippen molar-refractivity contribution in [3.8, 4) is 11.4 Å². The zero-order valence-corrected chi connectivity index (χ0v) is 14.0. The molecule has 0 unspecified atom stereocenters. The zero-order valence-electron chi connectivity index (χ0n) is 12.4. The van der Waals surface area contributed by atoms with Gasteiger partial charge in [0.2, 0.25) is 11.7 Å². The Kier molecular flexibility index (Phi) is 4.24. The van der Waals surface area contributed by atoms with Gasteiger partial charge in [-0.1, -0.05) is 41.1 Å². The molecule has 0 atom stereocenters. The number of nitrogens with one attached hydrogen (secondary N) is 1. The van der Waals surface area contributed by atoms with E-state index in [4.69, 9.17) is 4.52 Å². The van der Waals surface area contributed by atoms with Crippen LogP contribution < -0.4 is 5.32 Å². The van der Waals surface area contributed by atoms with Gasteiger partial charge in [-0.2, -0.15) is 4.98 Å². The van der Waals surface area contributed by atoms with Gasteiger partial charge in [0.25, 0.3) is 0 Å². The second-order valence-corrected chi connectivity index (χ2v) is 6.07. The quantitative estimate of drug-likeness (QED) is 0.733. The third-order valence-corrected chi connectivity index (χ3v) is 3.99. The predicted octanol–water partition coefficient (Wildman–Crippen LogP) is 4.73. The number of aromatic nitrogens is 2. The van der Waals surface area contributed by atoms with Gasteiger partial charge in [0.15, 0.2) is 0 Å². The third kappa shape index (κ3) is 3.36. The maximum atomic E-state index is 5.30. The Morgan fingerprint density at radius 1 is 1.05 bits per heavy atom. The van der Waals surface area contributed by atoms with Crippen LogP contribution in [0, 0.1) is 13.8 Å². The van der Waals surface area contributed by atoms with Gasteiger partial charge in [-0.15, -0.1) is 0 Å². The topological polar surface area (TPSA) is 51.0 Å². The van der Waals surface area contributed by atoms with E-state index in [0.717, 1.165) is 15.7 Å². The first-order valence-corrected chi connectivity index (χ1v) is 7.81. The van der Waals surface area contributed by atoms with Gasteiger partial charge in [0, 0.05) is 15.7 Å². The van der Waals surface area contributed by atoms with E-state index in [1.165, 1.54) is 11.1 Å². The molecule has 3 rings (SSSR count). The Hall–Kier alpha value is -2.14. The van der Waals surface area contributed by atoms with Crippen LogP contribution in [0.5, 0.6) is 0 Å². The lowest BCUT2D eigenvalue weighted by atomic mass is 10.1. The fourth-order valence-electron chi connectivity index (χ4n) is 2.08. The van der Waals surface area contributed by atoms with Crippen LogP contribution in [0.25, 0.3) is 11.4 Å². The SMILES string of the molecule is Cc1ccc(-c2noc(CNc3ccc(C)cc3Br)n2)cc1. The monoisotopic (exact) mass is 357 g/mol. The molecule has 5 heteroatoms. The highest BCUT2D eigenvalue weighted by molar-refractivity contribution is 9.10. The van der Waals surface area contributed by atoms with Crippen molar-refractivity contribution in [2.24, 2.45) is 0 Å². The summed E-state index contributed by atoms with van der Waals surface area (Å²) < 4.78 is 6.31. The van der Waals surface area contributed by atoms with Crippen molar-refractivity contribution in [1.82, 2.24) is 10.1 Å². The fourth-order valence-corrected chi connectivity index (χ4v) is 2.71. The summed E-state index contributed by atoms with van der Waals surface area (Å²) in [4.78, 5) is 4.42. The normalized spacial score (nSPS) is 10.7. The van der Waals surface area contributed by atoms with Gasteiger partial charge in [0.1, 0.15) is 0 Å². The molecule has 112 valence electrons. The lowest BCUT2D eigenvalue weighted by Gasteiger charge is -2.06. The summed E-state index contributed by atoms with van der Waals surface area (Å²) in [6.07, 6.45) is 0. The number of halogens is 1. The van der Waals surface area contributed by atoms with Gasteiger partial charge < -0.3 is 9.84 Å². The van der Waals surface area contributed by atoms with E-state index < -0.39 is 0 Å². The molecule has 0 fully saturated rings. The molecule has 1 aromatic heterocycles. The first-order valence-electron chi connectivity index (χ1n) is 7.01. The number of rotatable bonds is 4. The molecule has 0 aliphatic rings. The van der Waals surface area contributed by atoms with E-state index >= 15 is 0 Å². The zero-order chi connectivity index (χ0) is 15.5. The number of benzene rings is 2. The van der Waals surface area contributed by atoms with Crippen LogP contribution in [0.1, 0.15) is 17.0 Å². The second kappa shape index (κ2) is 6.32. The molecule has 0 aliphatic heterocycles. The number of nitrogens with zero attached hydrogens (tertiary/aromatic N) is 2. The van der Waals surface area contributed by atoms with Crippen LogP contribution in [0.15, 0.2) is 51.5 Å². The highest BCUT2D eigenvalue weighted by atomic mass is 79.9. The summed E-state index contributed by atoms with van der Waals surface area (Å²) in [7, 11) is 0. The Balaban J connectivity index is 1.70. The average Bonchev–Trinajstić information content (AvgIpc) is 2.96. The minimum Gasteiger partial charge on any atom is -0.375 e. The summed E-state index contributed by atoms with van der Waals surface area (Å²) in [6.45, 7) is 4.59. The molecular formula is C17H16BrN3O. The first-order chi connectivity index (χ1) is 10.6. The van der Waals surface area contributed by atoms with Gasteiger partial charge in [-0.3, -0.25) is 0 Å². The molecule has 0 saturated carbocycles. The molecule has 0 amide bonds. The Morgan fingerprint density at radius 3 is 2.50 bits per heavy atom. The number of anilines is 1. The highest BCUT2D eigenvalue weighted by Crippen LogP contribution is 2.24. The van der Waals surface area contributed by atoms with Crippen molar-refractivity contribution in [2.75, 3.05) is 5.32 Å². The molecule has 3 aromatic rings. The Labute approximate surface area is 137 Å². The van der Waals surface area contributed by atoms with Gasteiger partial charge >= 0.3 is 0 Å². The van der Waals surface area contributed by atoms with Crippen LogP contribution in [0.3, 0.4) is 0 Å². The van der Waals surface area contributed by atoms with Gasteiger partial charge in [-0.05, 0) is 47.5 Å². The minimum absolute atomic E-state index is 0.487. The van der Waals surface area contributed by atoms with Crippen LogP contribution >= 0.6 is 15.9 Å². The minimum atomic E-state index is 0.487. The van der Waals surface area contributed by atoms with Crippen LogP contribution in [-0.2, 0) is 6.54 Å². The molecule has 4 nitrogen and oxygen atoms in total. The molecule has 22 heavy (non-hydrogen) atoms. The third-order valence-electron chi connectivity index (χ3n) is 3.33. The van der Waals surface area contributed by atoms with E-state index in [1.54, 1.807) is 0 Å². The molecular weight excluding hydrogens is 342 g/mol. The molecule has 0 aliphatic carbocycles. The highest BCUT2D eigenvalue weighted by Gasteiger charge is 2.09. The van der Waals surface area contributed by atoms with E-state index in [0.29, 0.717) is 18.3 Å². The largest absolute Gasteiger partial charge is 0.375 e. The fraction of sp³-hybridized carbons (Fsp3) is 0.176. The number of hydrogen-bond acceptors (Lipinski definition) is 4. The summed E-state index contributed by atoms with van der Waals surface area (Å²) >= 11 is 3.54. The molecule has 1 N–H and O–H groups in total. The van der Waals surface area contributed by atoms with Gasteiger partial charge in [-0.25, -0.2) is 0 Å². The van der Waals surface area contributed by atoms with Crippen molar-refractivity contribution in [3.05, 3.63) is 64.0 Å². The maximum Gasteiger partial charge on any atom is 0.246 e. The van der Waals surface area contributed by atoms with E-state index in [9.17, 15) is 0 Å². The smallest absolute Gasteiger partial charge is 0.246 e. The second-order valence-electron chi connectivity index (χ2n) is 5.21. The number of aryl methyl sites for hydroxylation is 2. The van der Waals surface area contributed by atoms with Crippen molar-refractivity contribution in [3.63, 3.8) is 0 Å². The lowest BCUT2D eigenvalue weighted by Crippen LogP contribution is -2.00. The summed E-state index contributed by atoms with van der Waals surface area (Å²) in [5.41, 5.74) is 4.37. The molecule has 1 heterocycles. The lowest BCUT2D eigenvalue weighted by molar-refractivity contribution is 0.384. The Morgan fingerprint density at radius 2 is 1.77 bits per heavy atom. The van der Waals surface area contributed by atoms with Crippen LogP contribution in [0.4, 0.5) is 5.69 Å². The standard InChI is InChI=1S/C17H16BrN3O/c1-11-3-6-13(7-4-11)17-20-16(22-21-17)10-19-15-8-5-12(2)9-14(15)18/h3-9,19H,10H2,1-2H3. The first kappa shape index (κ1) is 14.8. The van der Waals surface area contributed by atoms with Crippen molar-refractivity contribution >= 4 is 21.6 Å². The summed E-state index contributed by atoms with van der Waals surface area (Å²) in [6, 6.07) is 14.2. The molecule has 2 aromatic carbocycles. The molecule has 0 radical (unpaired) electrons. The van der Waals surface area contributed by atoms with Crippen LogP contribution in [-0.4, -0.2) is 10.1 Å². The average molecular weight is 358 g/mol. The van der Waals surface area contributed by atoms with E-state index in [1.807, 2.05) is 30.3 Å². The van der Waals surface area contributed by atoms with E-state index in [2.05, 4.69) is 57.4 Å². The van der Waals surface area contributed by atoms with Crippen LogP contribution in [0.2, 0.25) is 0 Å². The van der Waals surface area contributed by atoms with Crippen molar-refractivity contribution in [2.45, 2.75) is 20.4 Å². The van der Waals surface area contributed by atoms with E-state index in [-0.39, 0.29) is 0 Å². The molecule has 0 spiro atoms.